The predicted octanol–water partition coefficient (Wildman–Crippen LogP) is 3.67. The second kappa shape index (κ2) is 6.88. The molecule has 1 heterocycles. The molecule has 2 rings (SSSR count). The minimum atomic E-state index is -0.356. The Kier molecular flexibility index (Phi) is 5.42. The van der Waals surface area contributed by atoms with Gasteiger partial charge in [-0.2, -0.15) is 0 Å². The Bertz CT molecular complexity index is 444. The monoisotopic (exact) mass is 299 g/mol. The van der Waals surface area contributed by atoms with E-state index in [9.17, 15) is 4.39 Å². The molecule has 112 valence electrons. The fourth-order valence-corrected chi connectivity index (χ4v) is 2.90. The van der Waals surface area contributed by atoms with Crippen LogP contribution in [0.1, 0.15) is 25.8 Å². The van der Waals surface area contributed by atoms with E-state index >= 15 is 0 Å². The van der Waals surface area contributed by atoms with Gasteiger partial charge in [-0.05, 0) is 43.0 Å². The van der Waals surface area contributed by atoms with Crippen molar-refractivity contribution in [2.45, 2.75) is 26.7 Å². The highest BCUT2D eigenvalue weighted by Crippen LogP contribution is 2.33. The van der Waals surface area contributed by atoms with Gasteiger partial charge in [0.1, 0.15) is 5.82 Å². The summed E-state index contributed by atoms with van der Waals surface area (Å²) in [7, 11) is 0. The molecule has 1 atom stereocenters. The van der Waals surface area contributed by atoms with E-state index in [-0.39, 0.29) is 16.3 Å². The summed E-state index contributed by atoms with van der Waals surface area (Å²) in [4.78, 5) is 0. The first kappa shape index (κ1) is 15.7. The summed E-state index contributed by atoms with van der Waals surface area (Å²) in [6, 6.07) is 5.01. The zero-order valence-electron chi connectivity index (χ0n) is 12.2. The molecule has 0 saturated carbocycles. The van der Waals surface area contributed by atoms with Crippen molar-refractivity contribution in [1.82, 2.24) is 5.32 Å². The third-order valence-corrected chi connectivity index (χ3v) is 4.09. The van der Waals surface area contributed by atoms with E-state index < -0.39 is 0 Å². The van der Waals surface area contributed by atoms with Crippen LogP contribution in [0.2, 0.25) is 5.02 Å². The lowest BCUT2D eigenvalue weighted by Gasteiger charge is -2.28. The van der Waals surface area contributed by atoms with Gasteiger partial charge >= 0.3 is 0 Å². The number of nitrogens with one attached hydrogen (secondary N) is 1. The highest BCUT2D eigenvalue weighted by Gasteiger charge is 2.34. The van der Waals surface area contributed by atoms with Crippen molar-refractivity contribution in [3.63, 3.8) is 0 Å². The van der Waals surface area contributed by atoms with Crippen LogP contribution in [0, 0.1) is 17.2 Å². The van der Waals surface area contributed by atoms with Crippen LogP contribution in [0.3, 0.4) is 0 Å². The standard InChI is InChI=1S/C16H23ClFNO/c1-12(2)9-19-10-16(5-6-20-11-16)8-13-3-4-15(18)14(17)7-13/h3-4,7,12,19H,5-6,8-11H2,1-2H3. The third-order valence-electron chi connectivity index (χ3n) is 3.80. The second-order valence-corrected chi connectivity index (χ2v) is 6.66. The largest absolute Gasteiger partial charge is 0.381 e. The number of rotatable bonds is 6. The van der Waals surface area contributed by atoms with Crippen molar-refractivity contribution in [3.8, 4) is 0 Å². The molecule has 4 heteroatoms. The van der Waals surface area contributed by atoms with Gasteiger partial charge in [0.05, 0.1) is 11.6 Å². The smallest absolute Gasteiger partial charge is 0.141 e. The molecular formula is C16H23ClFNO. The Hall–Kier alpha value is -0.640. The molecular weight excluding hydrogens is 277 g/mol. The molecule has 0 aliphatic carbocycles. The van der Waals surface area contributed by atoms with Crippen LogP contribution in [0.5, 0.6) is 0 Å². The Morgan fingerprint density at radius 1 is 1.45 bits per heavy atom. The summed E-state index contributed by atoms with van der Waals surface area (Å²) in [5.74, 6) is 0.278. The average Bonchev–Trinajstić information content (AvgIpc) is 2.82. The quantitative estimate of drug-likeness (QED) is 0.865. The Labute approximate surface area is 125 Å². The Morgan fingerprint density at radius 2 is 2.25 bits per heavy atom. The molecule has 0 aromatic heterocycles. The molecule has 1 saturated heterocycles. The maximum Gasteiger partial charge on any atom is 0.141 e. The maximum absolute atomic E-state index is 13.2. The van der Waals surface area contributed by atoms with E-state index in [0.717, 1.165) is 44.7 Å². The first-order chi connectivity index (χ1) is 9.51. The molecule has 1 aliphatic heterocycles. The van der Waals surface area contributed by atoms with E-state index in [2.05, 4.69) is 19.2 Å². The van der Waals surface area contributed by atoms with E-state index in [1.54, 1.807) is 6.07 Å². The first-order valence-corrected chi connectivity index (χ1v) is 7.61. The number of ether oxygens (including phenoxy) is 1. The zero-order chi connectivity index (χ0) is 14.6. The van der Waals surface area contributed by atoms with Gasteiger partial charge in [-0.1, -0.05) is 31.5 Å². The summed E-state index contributed by atoms with van der Waals surface area (Å²) in [6.45, 7) is 7.90. The normalized spacial score (nSPS) is 22.6. The molecule has 0 bridgehead atoms. The molecule has 1 aromatic carbocycles. The molecule has 20 heavy (non-hydrogen) atoms. The van der Waals surface area contributed by atoms with Crippen molar-refractivity contribution < 1.29 is 9.13 Å². The minimum absolute atomic E-state index is 0.107. The molecule has 0 amide bonds. The molecule has 1 N–H and O–H groups in total. The van der Waals surface area contributed by atoms with Gasteiger partial charge < -0.3 is 10.1 Å². The lowest BCUT2D eigenvalue weighted by molar-refractivity contribution is 0.148. The van der Waals surface area contributed by atoms with Crippen molar-refractivity contribution in [2.75, 3.05) is 26.3 Å². The number of halogens is 2. The Morgan fingerprint density at radius 3 is 2.85 bits per heavy atom. The fourth-order valence-electron chi connectivity index (χ4n) is 2.70. The second-order valence-electron chi connectivity index (χ2n) is 6.25. The van der Waals surface area contributed by atoms with E-state index in [4.69, 9.17) is 16.3 Å². The molecule has 0 spiro atoms. The number of hydrogen-bond acceptors (Lipinski definition) is 2. The predicted molar refractivity (Wildman–Crippen MR) is 80.7 cm³/mol. The van der Waals surface area contributed by atoms with Gasteiger partial charge in [-0.25, -0.2) is 4.39 Å². The zero-order valence-corrected chi connectivity index (χ0v) is 13.0. The maximum atomic E-state index is 13.2. The van der Waals surface area contributed by atoms with Crippen molar-refractivity contribution in [1.29, 1.82) is 0 Å². The third kappa shape index (κ3) is 4.18. The number of benzene rings is 1. The van der Waals surface area contributed by atoms with Crippen LogP contribution in [0.25, 0.3) is 0 Å². The van der Waals surface area contributed by atoms with Gasteiger partial charge in [0.25, 0.3) is 0 Å². The first-order valence-electron chi connectivity index (χ1n) is 7.23. The molecule has 2 nitrogen and oxygen atoms in total. The molecule has 0 radical (unpaired) electrons. The van der Waals surface area contributed by atoms with E-state index in [1.165, 1.54) is 6.07 Å². The number of hydrogen-bond donors (Lipinski definition) is 1. The molecule has 1 aliphatic rings. The summed E-state index contributed by atoms with van der Waals surface area (Å²) in [5, 5.41) is 3.73. The van der Waals surface area contributed by atoms with E-state index in [1.807, 2.05) is 6.07 Å². The van der Waals surface area contributed by atoms with Crippen LogP contribution >= 0.6 is 11.6 Å². The molecule has 1 fully saturated rings. The van der Waals surface area contributed by atoms with Gasteiger partial charge in [-0.3, -0.25) is 0 Å². The summed E-state index contributed by atoms with van der Waals surface area (Å²) in [5.41, 5.74) is 1.18. The summed E-state index contributed by atoms with van der Waals surface area (Å²) < 4.78 is 18.8. The van der Waals surface area contributed by atoms with Crippen molar-refractivity contribution in [2.24, 2.45) is 11.3 Å². The minimum Gasteiger partial charge on any atom is -0.381 e. The molecule has 1 aromatic rings. The van der Waals surface area contributed by atoms with Crippen LogP contribution in [-0.2, 0) is 11.2 Å². The van der Waals surface area contributed by atoms with Crippen LogP contribution in [0.15, 0.2) is 18.2 Å². The average molecular weight is 300 g/mol. The van der Waals surface area contributed by atoms with Crippen LogP contribution in [-0.4, -0.2) is 26.3 Å². The van der Waals surface area contributed by atoms with Crippen molar-refractivity contribution in [3.05, 3.63) is 34.6 Å². The van der Waals surface area contributed by atoms with Gasteiger partial charge in [-0.15, -0.1) is 0 Å². The van der Waals surface area contributed by atoms with Crippen LogP contribution < -0.4 is 5.32 Å². The van der Waals surface area contributed by atoms with Gasteiger partial charge in [0.2, 0.25) is 0 Å². The highest BCUT2D eigenvalue weighted by molar-refractivity contribution is 6.30. The molecule has 1 unspecified atom stereocenters. The van der Waals surface area contributed by atoms with Gasteiger partial charge in [0.15, 0.2) is 0 Å². The Balaban J connectivity index is 2.02. The summed E-state index contributed by atoms with van der Waals surface area (Å²) in [6.07, 6.45) is 1.91. The highest BCUT2D eigenvalue weighted by atomic mass is 35.5. The van der Waals surface area contributed by atoms with Gasteiger partial charge in [0, 0.05) is 18.6 Å². The lowest BCUT2D eigenvalue weighted by atomic mass is 9.80. The van der Waals surface area contributed by atoms with E-state index in [0.29, 0.717) is 5.92 Å². The van der Waals surface area contributed by atoms with Crippen LogP contribution in [0.4, 0.5) is 4.39 Å². The fraction of sp³-hybridized carbons (Fsp3) is 0.625. The lowest BCUT2D eigenvalue weighted by Crippen LogP contribution is -2.38. The summed E-state index contributed by atoms with van der Waals surface area (Å²) >= 11 is 5.87. The van der Waals surface area contributed by atoms with Crippen molar-refractivity contribution >= 4 is 11.6 Å². The SMILES string of the molecule is CC(C)CNCC1(Cc2ccc(F)c(Cl)c2)CCOC1. The topological polar surface area (TPSA) is 21.3 Å².